The van der Waals surface area contributed by atoms with Crippen molar-refractivity contribution in [2.24, 2.45) is 0 Å². The summed E-state index contributed by atoms with van der Waals surface area (Å²) in [5.41, 5.74) is 1.04. The average molecular weight is 617 g/mol. The molecule has 1 unspecified atom stereocenters. The Labute approximate surface area is 243 Å². The van der Waals surface area contributed by atoms with E-state index in [2.05, 4.69) is 17.0 Å². The third kappa shape index (κ3) is 8.29. The highest BCUT2D eigenvalue weighted by Gasteiger charge is 2.54. The number of hydrogen-bond acceptors (Lipinski definition) is 10. The second kappa shape index (κ2) is 13.6. The lowest BCUT2D eigenvalue weighted by molar-refractivity contribution is -0.144. The number of hydrogen-bond donors (Lipinski definition) is 5. The first-order valence-electron chi connectivity index (χ1n) is 13.3. The molecule has 0 radical (unpaired) electrons. The van der Waals surface area contributed by atoms with Crippen molar-refractivity contribution in [2.45, 2.75) is 88.9 Å². The molecule has 15 heteroatoms. The lowest BCUT2D eigenvalue weighted by atomic mass is 9.95. The van der Waals surface area contributed by atoms with Crippen molar-refractivity contribution in [1.29, 1.82) is 0 Å². The maximum atomic E-state index is 14.1. The SMILES string of the molecule is CCCCCCC[C@](C)(NP(=O)(OC[C@H]1O[C@@H](n2ccc(N)nc2=O)[C@](C)(O)[C@@H]1O)Oc1ccc(Cl)cc1)C(=O)O. The normalized spacial score (nSPS) is 25.4. The van der Waals surface area contributed by atoms with E-state index < -0.39 is 55.6 Å². The fraction of sp³-hybridized carbons (Fsp3) is 0.577. The predicted molar refractivity (Wildman–Crippen MR) is 152 cm³/mol. The third-order valence-corrected chi connectivity index (χ3v) is 8.90. The Balaban J connectivity index is 1.83. The number of unbranched alkanes of at least 4 members (excludes halogenated alkanes) is 4. The van der Waals surface area contributed by atoms with Crippen LogP contribution >= 0.6 is 19.3 Å². The summed E-state index contributed by atoms with van der Waals surface area (Å²) in [5.74, 6) is -1.22. The molecule has 228 valence electrons. The van der Waals surface area contributed by atoms with E-state index in [1.165, 1.54) is 50.4 Å². The molecule has 1 aliphatic heterocycles. The quantitative estimate of drug-likeness (QED) is 0.144. The highest BCUT2D eigenvalue weighted by atomic mass is 35.5. The number of halogens is 1. The Morgan fingerprint density at radius 3 is 2.54 bits per heavy atom. The summed E-state index contributed by atoms with van der Waals surface area (Å²) in [6, 6.07) is 7.19. The first kappa shape index (κ1) is 33.0. The second-order valence-corrected chi connectivity index (χ2v) is 12.6. The van der Waals surface area contributed by atoms with E-state index in [-0.39, 0.29) is 18.0 Å². The number of carboxylic acids is 1. The van der Waals surface area contributed by atoms with Gasteiger partial charge in [-0.05, 0) is 50.6 Å². The number of carboxylic acid groups (broad SMARTS) is 1. The summed E-state index contributed by atoms with van der Waals surface area (Å²) < 4.78 is 32.1. The number of nitrogen functional groups attached to an aromatic ring is 1. The van der Waals surface area contributed by atoms with Gasteiger partial charge in [-0.2, -0.15) is 10.1 Å². The van der Waals surface area contributed by atoms with E-state index in [1.807, 2.05) is 0 Å². The van der Waals surface area contributed by atoms with Crippen LogP contribution in [0.15, 0.2) is 41.3 Å². The molecule has 1 fully saturated rings. The van der Waals surface area contributed by atoms with Gasteiger partial charge in [0, 0.05) is 11.2 Å². The smallest absolute Gasteiger partial charge is 0.459 e. The van der Waals surface area contributed by atoms with Crippen LogP contribution < -0.4 is 21.0 Å². The van der Waals surface area contributed by atoms with Gasteiger partial charge in [0.2, 0.25) is 0 Å². The molecular weight excluding hydrogens is 579 g/mol. The molecule has 6 N–H and O–H groups in total. The molecule has 0 bridgehead atoms. The van der Waals surface area contributed by atoms with Crippen molar-refractivity contribution in [3.63, 3.8) is 0 Å². The molecule has 1 aromatic heterocycles. The summed E-state index contributed by atoms with van der Waals surface area (Å²) in [5, 5.41) is 34.9. The van der Waals surface area contributed by atoms with Gasteiger partial charge >= 0.3 is 19.4 Å². The average Bonchev–Trinajstić information content (AvgIpc) is 3.12. The Morgan fingerprint density at radius 2 is 1.93 bits per heavy atom. The Bertz CT molecular complexity index is 1290. The second-order valence-electron chi connectivity index (χ2n) is 10.5. The van der Waals surface area contributed by atoms with Crippen LogP contribution in [0.1, 0.15) is 65.5 Å². The lowest BCUT2D eigenvalue weighted by Crippen LogP contribution is -2.49. The van der Waals surface area contributed by atoms with Crippen LogP contribution in [-0.4, -0.2) is 60.8 Å². The first-order valence-corrected chi connectivity index (χ1v) is 15.3. The van der Waals surface area contributed by atoms with Crippen molar-refractivity contribution >= 4 is 31.1 Å². The molecule has 1 saturated heterocycles. The van der Waals surface area contributed by atoms with E-state index in [4.69, 9.17) is 31.1 Å². The van der Waals surface area contributed by atoms with Crippen molar-refractivity contribution in [2.75, 3.05) is 12.3 Å². The number of nitrogens with two attached hydrogens (primary N) is 1. The molecule has 0 spiro atoms. The third-order valence-electron chi connectivity index (χ3n) is 6.94. The van der Waals surface area contributed by atoms with Crippen LogP contribution in [0.3, 0.4) is 0 Å². The van der Waals surface area contributed by atoms with E-state index in [0.717, 1.165) is 30.3 Å². The minimum Gasteiger partial charge on any atom is -0.480 e. The molecule has 13 nitrogen and oxygen atoms in total. The predicted octanol–water partition coefficient (Wildman–Crippen LogP) is 3.49. The number of benzene rings is 1. The zero-order valence-electron chi connectivity index (χ0n) is 23.2. The van der Waals surface area contributed by atoms with Gasteiger partial charge in [-0.25, -0.2) is 9.36 Å². The van der Waals surface area contributed by atoms with E-state index in [1.54, 1.807) is 0 Å². The van der Waals surface area contributed by atoms with E-state index >= 15 is 0 Å². The van der Waals surface area contributed by atoms with Gasteiger partial charge in [0.15, 0.2) is 6.23 Å². The van der Waals surface area contributed by atoms with Crippen LogP contribution in [0.25, 0.3) is 0 Å². The number of aliphatic hydroxyl groups is 2. The highest BCUT2D eigenvalue weighted by molar-refractivity contribution is 7.52. The van der Waals surface area contributed by atoms with Gasteiger partial charge in [-0.3, -0.25) is 13.9 Å². The van der Waals surface area contributed by atoms with Gasteiger partial charge in [0.1, 0.15) is 34.9 Å². The number of anilines is 1. The summed E-state index contributed by atoms with van der Waals surface area (Å²) in [6.07, 6.45) is 1.43. The Hall–Kier alpha value is -2.51. The summed E-state index contributed by atoms with van der Waals surface area (Å²) >= 11 is 5.95. The standard InChI is InChI=1S/C26H38ClN4O9P/c1-4-5-6-7-8-14-25(2,23(33)34)30-41(37,40-18-11-9-17(27)10-12-18)38-16-19-21(32)26(3,36)22(39-19)31-15-13-20(28)29-24(31)35/h9-13,15,19,21-22,32,36H,4-8,14,16H2,1-3H3,(H,30,37)(H,33,34)(H2,28,29,35)/t19-,21-,22-,25+,26-,41?/m1/s1. The van der Waals surface area contributed by atoms with Crippen LogP contribution in [0.2, 0.25) is 5.02 Å². The maximum Gasteiger partial charge on any atom is 0.459 e. The Morgan fingerprint density at radius 1 is 1.27 bits per heavy atom. The van der Waals surface area contributed by atoms with Crippen molar-refractivity contribution < 1.29 is 38.5 Å². The Kier molecular flexibility index (Phi) is 11.0. The van der Waals surface area contributed by atoms with Gasteiger partial charge in [-0.15, -0.1) is 0 Å². The highest BCUT2D eigenvalue weighted by Crippen LogP contribution is 2.48. The van der Waals surface area contributed by atoms with Crippen LogP contribution in [0.4, 0.5) is 5.82 Å². The molecule has 2 aromatic rings. The first-order chi connectivity index (χ1) is 19.2. The summed E-state index contributed by atoms with van der Waals surface area (Å²) in [7, 11) is -4.47. The number of nitrogens with zero attached hydrogens (tertiary/aromatic N) is 2. The van der Waals surface area contributed by atoms with Gasteiger partial charge in [0.05, 0.1) is 6.61 Å². The largest absolute Gasteiger partial charge is 0.480 e. The zero-order chi connectivity index (χ0) is 30.4. The molecule has 6 atom stereocenters. The van der Waals surface area contributed by atoms with Crippen molar-refractivity contribution in [1.82, 2.24) is 14.6 Å². The fourth-order valence-electron chi connectivity index (χ4n) is 4.46. The molecule has 0 amide bonds. The number of carbonyl (C=O) groups is 1. The maximum absolute atomic E-state index is 14.1. The molecular formula is C26H38ClN4O9P. The molecule has 0 aliphatic carbocycles. The van der Waals surface area contributed by atoms with Gasteiger partial charge in [0.25, 0.3) is 0 Å². The van der Waals surface area contributed by atoms with Crippen LogP contribution in [-0.2, 0) is 18.6 Å². The number of ether oxygens (including phenoxy) is 1. The van der Waals surface area contributed by atoms with Crippen molar-refractivity contribution in [3.8, 4) is 5.75 Å². The van der Waals surface area contributed by atoms with E-state index in [9.17, 15) is 29.5 Å². The molecule has 2 heterocycles. The number of aliphatic hydroxyl groups excluding tert-OH is 1. The molecule has 3 rings (SSSR count). The van der Waals surface area contributed by atoms with E-state index in [0.29, 0.717) is 11.4 Å². The molecule has 1 aromatic carbocycles. The summed E-state index contributed by atoms with van der Waals surface area (Å²) in [4.78, 5) is 28.3. The topological polar surface area (TPSA) is 195 Å². The number of rotatable bonds is 15. The minimum absolute atomic E-state index is 0.0393. The monoisotopic (exact) mass is 616 g/mol. The minimum atomic E-state index is -4.47. The number of aromatic nitrogens is 2. The van der Waals surface area contributed by atoms with Crippen LogP contribution in [0, 0.1) is 0 Å². The summed E-state index contributed by atoms with van der Waals surface area (Å²) in [6.45, 7) is 4.11. The number of nitrogens with one attached hydrogen (secondary N) is 1. The molecule has 41 heavy (non-hydrogen) atoms. The van der Waals surface area contributed by atoms with Gasteiger partial charge in [-0.1, -0.05) is 50.6 Å². The lowest BCUT2D eigenvalue weighted by Gasteiger charge is -2.31. The van der Waals surface area contributed by atoms with Gasteiger partial charge < -0.3 is 30.3 Å². The zero-order valence-corrected chi connectivity index (χ0v) is 24.9. The molecule has 0 saturated carbocycles. The fourth-order valence-corrected chi connectivity index (χ4v) is 6.31. The van der Waals surface area contributed by atoms with Crippen molar-refractivity contribution in [3.05, 3.63) is 52.0 Å². The van der Waals surface area contributed by atoms with Crippen LogP contribution in [0.5, 0.6) is 5.75 Å². The molecule has 1 aliphatic rings. The number of aliphatic carboxylic acids is 1.